The highest BCUT2D eigenvalue weighted by Gasteiger charge is 2.20. The second kappa shape index (κ2) is 13.8. The number of nitrogens with one attached hydrogen (secondary N) is 1. The Bertz CT molecular complexity index is 795. The molecular formula is C25H33NO4S. The molecule has 0 fully saturated rings. The van der Waals surface area contributed by atoms with Gasteiger partial charge in [-0.1, -0.05) is 54.6 Å². The molecule has 0 aliphatic heterocycles. The number of aryl methyl sites for hydroxylation is 1. The molecule has 0 bridgehead atoms. The molecule has 168 valence electrons. The summed E-state index contributed by atoms with van der Waals surface area (Å²) in [4.78, 5) is 12.1. The van der Waals surface area contributed by atoms with Crippen molar-refractivity contribution in [2.24, 2.45) is 0 Å². The van der Waals surface area contributed by atoms with Gasteiger partial charge in [-0.25, -0.2) is 4.79 Å². The van der Waals surface area contributed by atoms with Gasteiger partial charge in [0.15, 0.2) is 6.10 Å². The van der Waals surface area contributed by atoms with Gasteiger partial charge in [0.05, 0.1) is 6.61 Å². The average molecular weight is 444 g/mol. The fourth-order valence-corrected chi connectivity index (χ4v) is 3.54. The van der Waals surface area contributed by atoms with Gasteiger partial charge < -0.3 is 19.5 Å². The number of thiocarbonyl (C=S) groups is 1. The number of rotatable bonds is 12. The van der Waals surface area contributed by atoms with Crippen LogP contribution in [-0.4, -0.2) is 37.0 Å². The van der Waals surface area contributed by atoms with E-state index < -0.39 is 6.10 Å². The van der Waals surface area contributed by atoms with Gasteiger partial charge in [0, 0.05) is 19.6 Å². The molecule has 0 saturated carbocycles. The number of carbonyl (C=O) groups excluding carboxylic acids is 1. The molecular weight excluding hydrogens is 410 g/mol. The van der Waals surface area contributed by atoms with Crippen LogP contribution in [0.3, 0.4) is 0 Å². The quantitative estimate of drug-likeness (QED) is 0.376. The summed E-state index contributed by atoms with van der Waals surface area (Å²) in [5, 5.41) is 3.48. The van der Waals surface area contributed by atoms with Crippen LogP contribution in [0.15, 0.2) is 54.6 Å². The third-order valence-electron chi connectivity index (χ3n) is 4.80. The summed E-state index contributed by atoms with van der Waals surface area (Å²) < 4.78 is 16.7. The van der Waals surface area contributed by atoms with Crippen LogP contribution in [0.25, 0.3) is 0 Å². The number of esters is 1. The van der Waals surface area contributed by atoms with Gasteiger partial charge in [-0.3, -0.25) is 0 Å². The van der Waals surface area contributed by atoms with Crippen molar-refractivity contribution >= 4 is 23.4 Å². The Labute approximate surface area is 191 Å². The van der Waals surface area contributed by atoms with E-state index in [0.29, 0.717) is 24.8 Å². The van der Waals surface area contributed by atoms with Crippen LogP contribution >= 0.6 is 12.2 Å². The molecule has 2 rings (SSSR count). The Morgan fingerprint density at radius 3 is 2.26 bits per heavy atom. The Morgan fingerprint density at radius 1 is 0.968 bits per heavy atom. The van der Waals surface area contributed by atoms with Crippen molar-refractivity contribution in [3.63, 3.8) is 0 Å². The van der Waals surface area contributed by atoms with Crippen LogP contribution in [0.2, 0.25) is 0 Å². The van der Waals surface area contributed by atoms with Gasteiger partial charge >= 0.3 is 5.97 Å². The highest BCUT2D eigenvalue weighted by molar-refractivity contribution is 7.80. The predicted molar refractivity (Wildman–Crippen MR) is 127 cm³/mol. The number of carbonyl (C=O) groups is 1. The van der Waals surface area contributed by atoms with Crippen LogP contribution in [0.5, 0.6) is 0 Å². The lowest BCUT2D eigenvalue weighted by molar-refractivity contribution is -0.156. The summed E-state index contributed by atoms with van der Waals surface area (Å²) in [6.45, 7) is 7.22. The molecule has 2 aromatic rings. The van der Waals surface area contributed by atoms with Gasteiger partial charge in [-0.15, -0.1) is 0 Å². The zero-order valence-corrected chi connectivity index (χ0v) is 19.5. The third kappa shape index (κ3) is 8.67. The first kappa shape index (κ1) is 24.8. The second-order valence-electron chi connectivity index (χ2n) is 7.09. The lowest BCUT2D eigenvalue weighted by atomic mass is 9.99. The van der Waals surface area contributed by atoms with E-state index in [2.05, 4.69) is 29.6 Å². The van der Waals surface area contributed by atoms with Crippen molar-refractivity contribution in [1.82, 2.24) is 5.32 Å². The molecule has 0 saturated heterocycles. The summed E-state index contributed by atoms with van der Waals surface area (Å²) >= 11 is 5.30. The summed E-state index contributed by atoms with van der Waals surface area (Å²) in [5.41, 5.74) is 3.35. The first-order valence-corrected chi connectivity index (χ1v) is 11.3. The predicted octanol–water partition coefficient (Wildman–Crippen LogP) is 4.78. The molecule has 0 spiro atoms. The number of ether oxygens (including phenoxy) is 3. The molecule has 0 aliphatic carbocycles. The molecule has 2 atom stereocenters. The zero-order valence-electron chi connectivity index (χ0n) is 18.6. The van der Waals surface area contributed by atoms with Crippen LogP contribution in [-0.2, 0) is 31.8 Å². The average Bonchev–Trinajstić information content (AvgIpc) is 2.78. The zero-order chi connectivity index (χ0) is 22.5. The van der Waals surface area contributed by atoms with E-state index in [0.717, 1.165) is 30.5 Å². The molecule has 0 radical (unpaired) electrons. The van der Waals surface area contributed by atoms with Gasteiger partial charge in [0.25, 0.3) is 5.17 Å². The van der Waals surface area contributed by atoms with Crippen molar-refractivity contribution in [2.75, 3.05) is 19.8 Å². The lowest BCUT2D eigenvalue weighted by Gasteiger charge is -2.20. The number of hydrogen-bond donors (Lipinski definition) is 1. The normalized spacial score (nSPS) is 12.6. The van der Waals surface area contributed by atoms with E-state index in [9.17, 15) is 4.79 Å². The fourth-order valence-electron chi connectivity index (χ4n) is 3.28. The van der Waals surface area contributed by atoms with E-state index in [-0.39, 0.29) is 12.1 Å². The fraction of sp³-hybridized carbons (Fsp3) is 0.440. The maximum Gasteiger partial charge on any atom is 0.335 e. The molecule has 0 aliphatic rings. The van der Waals surface area contributed by atoms with Gasteiger partial charge in [-0.2, -0.15) is 0 Å². The molecule has 2 aromatic carbocycles. The Hall–Kier alpha value is -2.44. The molecule has 5 nitrogen and oxygen atoms in total. The standard InChI is InChI=1S/C25H33NO4S/c1-4-26-25(31)30-22(21-10-8-7-9-11-21)17-16-19-12-14-20(15-13-19)18-23(28-5-2)24(27)29-6-3/h7-15,22-23H,4-6,16-18H2,1-3H3,(H,26,31)/t22?,23-/m0/s1. The van der Waals surface area contributed by atoms with Gasteiger partial charge in [0.1, 0.15) is 6.10 Å². The highest BCUT2D eigenvalue weighted by atomic mass is 32.1. The number of benzene rings is 2. The van der Waals surface area contributed by atoms with Crippen molar-refractivity contribution in [3.8, 4) is 0 Å². The lowest BCUT2D eigenvalue weighted by Crippen LogP contribution is -2.29. The minimum absolute atomic E-state index is 0.112. The Balaban J connectivity index is 1.99. The number of hydrogen-bond acceptors (Lipinski definition) is 5. The van der Waals surface area contributed by atoms with E-state index >= 15 is 0 Å². The summed E-state index contributed by atoms with van der Waals surface area (Å²) in [6.07, 6.45) is 1.47. The molecule has 31 heavy (non-hydrogen) atoms. The minimum Gasteiger partial charge on any atom is -0.464 e. The van der Waals surface area contributed by atoms with E-state index in [1.165, 1.54) is 5.56 Å². The Morgan fingerprint density at radius 2 is 1.65 bits per heavy atom. The second-order valence-corrected chi connectivity index (χ2v) is 7.46. The molecule has 1 N–H and O–H groups in total. The Kier molecular flexibility index (Phi) is 11.0. The molecule has 0 aromatic heterocycles. The SMILES string of the molecule is CCNC(=S)OC(CCc1ccc(C[C@H](OCC)C(=O)OCC)cc1)c1ccccc1. The monoisotopic (exact) mass is 443 g/mol. The minimum atomic E-state index is -0.571. The topological polar surface area (TPSA) is 56.8 Å². The van der Waals surface area contributed by atoms with Crippen molar-refractivity contribution < 1.29 is 19.0 Å². The van der Waals surface area contributed by atoms with Crippen LogP contribution in [0.4, 0.5) is 0 Å². The van der Waals surface area contributed by atoms with Crippen LogP contribution in [0, 0.1) is 0 Å². The third-order valence-corrected chi connectivity index (χ3v) is 5.04. The van der Waals surface area contributed by atoms with Crippen molar-refractivity contribution in [2.45, 2.75) is 52.2 Å². The smallest absolute Gasteiger partial charge is 0.335 e. The van der Waals surface area contributed by atoms with Gasteiger partial charge in [-0.05, 0) is 62.5 Å². The largest absolute Gasteiger partial charge is 0.464 e. The van der Waals surface area contributed by atoms with E-state index in [4.69, 9.17) is 26.4 Å². The highest BCUT2D eigenvalue weighted by Crippen LogP contribution is 2.24. The summed E-state index contributed by atoms with van der Waals surface area (Å²) in [7, 11) is 0. The van der Waals surface area contributed by atoms with Crippen molar-refractivity contribution in [1.29, 1.82) is 0 Å². The van der Waals surface area contributed by atoms with Gasteiger partial charge in [0.2, 0.25) is 0 Å². The molecule has 0 heterocycles. The molecule has 0 amide bonds. The van der Waals surface area contributed by atoms with E-state index in [1.54, 1.807) is 6.92 Å². The molecule has 1 unspecified atom stereocenters. The van der Waals surface area contributed by atoms with E-state index in [1.807, 2.05) is 44.2 Å². The summed E-state index contributed by atoms with van der Waals surface area (Å²) in [6, 6.07) is 18.4. The molecule has 6 heteroatoms. The first-order valence-electron chi connectivity index (χ1n) is 10.9. The van der Waals surface area contributed by atoms with Crippen LogP contribution in [0.1, 0.15) is 50.0 Å². The maximum atomic E-state index is 12.1. The van der Waals surface area contributed by atoms with Crippen LogP contribution < -0.4 is 5.32 Å². The van der Waals surface area contributed by atoms with Crippen molar-refractivity contribution in [3.05, 3.63) is 71.3 Å². The maximum absolute atomic E-state index is 12.1. The summed E-state index contributed by atoms with van der Waals surface area (Å²) in [5.74, 6) is -0.312. The first-order chi connectivity index (χ1) is 15.1.